The van der Waals surface area contributed by atoms with Crippen LogP contribution in [0.2, 0.25) is 0 Å². The molecule has 1 aliphatic rings. The molecule has 1 aromatic carbocycles. The summed E-state index contributed by atoms with van der Waals surface area (Å²) in [5, 5.41) is 19.6. The van der Waals surface area contributed by atoms with Crippen molar-refractivity contribution < 1.29 is 31.8 Å². The highest BCUT2D eigenvalue weighted by molar-refractivity contribution is 7.99. The Labute approximate surface area is 184 Å². The van der Waals surface area contributed by atoms with Crippen LogP contribution in [0, 0.1) is 28.6 Å². The first-order valence-electron chi connectivity index (χ1n) is 9.14. The molecule has 2 heterocycles. The number of benzene rings is 1. The SMILES string of the molecule is N#Cc1cnc(SCC2COC2)c(C#N)c1-c1ccc(OC(F)(F)COC(F)F)cc1N. The molecule has 32 heavy (non-hydrogen) atoms. The number of nitrogens with zero attached hydrogens (tertiary/aromatic N) is 3. The maximum atomic E-state index is 13.7. The predicted octanol–water partition coefficient (Wildman–Crippen LogP) is 4.02. The largest absolute Gasteiger partial charge is 0.431 e. The summed E-state index contributed by atoms with van der Waals surface area (Å²) in [4.78, 5) is 4.20. The van der Waals surface area contributed by atoms with E-state index in [0.717, 1.165) is 12.1 Å². The van der Waals surface area contributed by atoms with E-state index in [0.29, 0.717) is 29.9 Å². The Bertz CT molecular complexity index is 1070. The minimum absolute atomic E-state index is 0.0596. The second-order valence-corrected chi connectivity index (χ2v) is 7.73. The number of pyridine rings is 1. The summed E-state index contributed by atoms with van der Waals surface area (Å²) in [6.45, 7) is -3.78. The summed E-state index contributed by atoms with van der Waals surface area (Å²) in [5.41, 5.74) is 6.61. The van der Waals surface area contributed by atoms with E-state index in [1.165, 1.54) is 24.0 Å². The number of rotatable bonds is 9. The first kappa shape index (κ1) is 23.6. The lowest BCUT2D eigenvalue weighted by Crippen LogP contribution is -2.31. The standard InChI is InChI=1S/C20H16F4N4O3S/c21-19(22)30-10-20(23,24)31-13-1-2-14(16(27)3-13)17-12(4-25)6-28-18(15(17)5-26)32-9-11-7-29-8-11/h1-3,6,11,19H,7-10,27H2. The number of alkyl halides is 4. The van der Waals surface area contributed by atoms with Crippen LogP contribution in [0.25, 0.3) is 11.1 Å². The highest BCUT2D eigenvalue weighted by Crippen LogP contribution is 2.38. The van der Waals surface area contributed by atoms with Gasteiger partial charge in [0.05, 0.1) is 24.3 Å². The zero-order valence-electron chi connectivity index (χ0n) is 16.4. The smallest absolute Gasteiger partial charge is 0.422 e. The molecule has 0 spiro atoms. The minimum atomic E-state index is -4.02. The van der Waals surface area contributed by atoms with Gasteiger partial charge in [0.1, 0.15) is 22.9 Å². The van der Waals surface area contributed by atoms with Gasteiger partial charge in [0, 0.05) is 40.7 Å². The van der Waals surface area contributed by atoms with Crippen molar-refractivity contribution in [3.05, 3.63) is 35.5 Å². The van der Waals surface area contributed by atoms with Crippen LogP contribution in [0.5, 0.6) is 5.75 Å². The molecule has 2 aromatic rings. The average Bonchev–Trinajstić information content (AvgIpc) is 2.71. The van der Waals surface area contributed by atoms with Crippen molar-refractivity contribution in [2.24, 2.45) is 5.92 Å². The van der Waals surface area contributed by atoms with Crippen molar-refractivity contribution in [3.63, 3.8) is 0 Å². The molecule has 0 unspecified atom stereocenters. The van der Waals surface area contributed by atoms with Gasteiger partial charge < -0.3 is 19.9 Å². The lowest BCUT2D eigenvalue weighted by Gasteiger charge is -2.25. The number of hydrogen-bond acceptors (Lipinski definition) is 8. The predicted molar refractivity (Wildman–Crippen MR) is 106 cm³/mol. The van der Waals surface area contributed by atoms with E-state index in [1.54, 1.807) is 0 Å². The summed E-state index contributed by atoms with van der Waals surface area (Å²) < 4.78 is 64.5. The van der Waals surface area contributed by atoms with Gasteiger partial charge in [0.2, 0.25) is 0 Å². The van der Waals surface area contributed by atoms with Crippen molar-refractivity contribution in [1.29, 1.82) is 10.5 Å². The topological polar surface area (TPSA) is 114 Å². The Hall–Kier alpha value is -3.06. The monoisotopic (exact) mass is 468 g/mol. The molecule has 0 aliphatic carbocycles. The first-order chi connectivity index (χ1) is 15.2. The average molecular weight is 468 g/mol. The van der Waals surface area contributed by atoms with Gasteiger partial charge in [-0.05, 0) is 12.1 Å². The van der Waals surface area contributed by atoms with E-state index in [4.69, 9.17) is 10.5 Å². The molecule has 12 heteroatoms. The summed E-state index contributed by atoms with van der Waals surface area (Å²) in [6.07, 6.45) is -2.71. The highest BCUT2D eigenvalue weighted by atomic mass is 32.2. The first-order valence-corrected chi connectivity index (χ1v) is 10.1. The number of ether oxygens (including phenoxy) is 3. The Kier molecular flexibility index (Phi) is 7.40. The van der Waals surface area contributed by atoms with Crippen LogP contribution in [0.4, 0.5) is 23.2 Å². The van der Waals surface area contributed by atoms with E-state index in [-0.39, 0.29) is 27.9 Å². The number of hydrogen-bond donors (Lipinski definition) is 1. The van der Waals surface area contributed by atoms with Crippen molar-refractivity contribution in [2.75, 3.05) is 31.3 Å². The fraction of sp³-hybridized carbons (Fsp3) is 0.350. The van der Waals surface area contributed by atoms with Crippen molar-refractivity contribution in [2.45, 2.75) is 17.7 Å². The Morgan fingerprint density at radius 1 is 1.28 bits per heavy atom. The molecule has 0 bridgehead atoms. The molecule has 0 amide bonds. The van der Waals surface area contributed by atoms with Crippen LogP contribution < -0.4 is 10.5 Å². The molecule has 1 aromatic heterocycles. The molecule has 1 aliphatic heterocycles. The van der Waals surface area contributed by atoms with Gasteiger partial charge in [-0.25, -0.2) is 4.98 Å². The molecule has 3 rings (SSSR count). The van der Waals surface area contributed by atoms with Crippen LogP contribution in [-0.2, 0) is 9.47 Å². The van der Waals surface area contributed by atoms with Gasteiger partial charge in [0.15, 0.2) is 6.61 Å². The van der Waals surface area contributed by atoms with Gasteiger partial charge in [-0.15, -0.1) is 11.8 Å². The Morgan fingerprint density at radius 3 is 2.59 bits per heavy atom. The Balaban J connectivity index is 1.91. The number of nitrogen functional groups attached to an aromatic ring is 1. The van der Waals surface area contributed by atoms with Gasteiger partial charge in [-0.3, -0.25) is 0 Å². The molecule has 2 N–H and O–H groups in total. The fourth-order valence-electron chi connectivity index (χ4n) is 2.84. The van der Waals surface area contributed by atoms with E-state index >= 15 is 0 Å². The second kappa shape index (κ2) is 10.0. The minimum Gasteiger partial charge on any atom is -0.431 e. The van der Waals surface area contributed by atoms with Gasteiger partial charge in [-0.1, -0.05) is 0 Å². The molecule has 168 valence electrons. The maximum Gasteiger partial charge on any atom is 0.422 e. The maximum absolute atomic E-state index is 13.7. The third-order valence-electron chi connectivity index (χ3n) is 4.38. The lowest BCUT2D eigenvalue weighted by atomic mass is 9.96. The molecule has 0 saturated carbocycles. The van der Waals surface area contributed by atoms with Crippen molar-refractivity contribution >= 4 is 17.4 Å². The molecule has 7 nitrogen and oxygen atoms in total. The summed E-state index contributed by atoms with van der Waals surface area (Å²) in [6, 6.07) is 7.48. The van der Waals surface area contributed by atoms with Gasteiger partial charge in [0.25, 0.3) is 0 Å². The summed E-state index contributed by atoms with van der Waals surface area (Å²) in [7, 11) is 0. The third kappa shape index (κ3) is 5.59. The molecule has 1 fully saturated rings. The van der Waals surface area contributed by atoms with Crippen LogP contribution in [0.3, 0.4) is 0 Å². The Morgan fingerprint density at radius 2 is 2.03 bits per heavy atom. The molecular weight excluding hydrogens is 452 g/mol. The molecule has 0 atom stereocenters. The second-order valence-electron chi connectivity index (χ2n) is 6.73. The van der Waals surface area contributed by atoms with Gasteiger partial charge >= 0.3 is 12.7 Å². The number of nitrogens with two attached hydrogens (primary N) is 1. The van der Waals surface area contributed by atoms with E-state index in [2.05, 4.69) is 14.5 Å². The van der Waals surface area contributed by atoms with Crippen LogP contribution >= 0.6 is 11.8 Å². The quantitative estimate of drug-likeness (QED) is 0.333. The lowest BCUT2D eigenvalue weighted by molar-refractivity contribution is -0.251. The fourth-order valence-corrected chi connectivity index (χ4v) is 3.85. The van der Waals surface area contributed by atoms with E-state index < -0.39 is 25.1 Å². The number of aromatic nitrogens is 1. The summed E-state index contributed by atoms with van der Waals surface area (Å²) in [5.74, 6) is 0.606. The van der Waals surface area contributed by atoms with Crippen LogP contribution in [0.1, 0.15) is 11.1 Å². The van der Waals surface area contributed by atoms with Gasteiger partial charge in [-0.2, -0.15) is 28.1 Å². The zero-order chi connectivity index (χ0) is 23.3. The number of halogens is 4. The molecule has 0 radical (unpaired) electrons. The zero-order valence-corrected chi connectivity index (χ0v) is 17.2. The number of thioether (sulfide) groups is 1. The van der Waals surface area contributed by atoms with Crippen LogP contribution in [-0.4, -0.2) is 43.3 Å². The molecule has 1 saturated heterocycles. The highest BCUT2D eigenvalue weighted by Gasteiger charge is 2.34. The molecular formula is C20H16F4N4O3S. The van der Waals surface area contributed by atoms with E-state index in [9.17, 15) is 28.1 Å². The summed E-state index contributed by atoms with van der Waals surface area (Å²) >= 11 is 1.35. The van der Waals surface area contributed by atoms with Crippen molar-refractivity contribution in [1.82, 2.24) is 4.98 Å². The number of anilines is 1. The van der Waals surface area contributed by atoms with E-state index in [1.807, 2.05) is 12.1 Å². The van der Waals surface area contributed by atoms with Crippen LogP contribution in [0.15, 0.2) is 29.4 Å². The third-order valence-corrected chi connectivity index (χ3v) is 5.60. The normalized spacial score (nSPS) is 14.0. The number of nitriles is 2. The van der Waals surface area contributed by atoms with Crippen molar-refractivity contribution in [3.8, 4) is 29.0 Å².